The number of halogens is 3. The monoisotopic (exact) mass is 323 g/mol. The Hall–Kier alpha value is -2.83. The number of benzene rings is 2. The van der Waals surface area contributed by atoms with Crippen LogP contribution in [0, 0.1) is 17.5 Å². The van der Waals surface area contributed by atoms with Crippen molar-refractivity contribution in [1.29, 1.82) is 0 Å². The molecule has 120 valence electrons. The Balaban J connectivity index is 2.18. The molecule has 2 N–H and O–H groups in total. The second-order valence-electron chi connectivity index (χ2n) is 4.82. The molecule has 0 bridgehead atoms. The normalized spacial score (nSPS) is 11.8. The molecule has 0 spiro atoms. The summed E-state index contributed by atoms with van der Waals surface area (Å²) in [4.78, 5) is 23.2. The predicted octanol–water partition coefficient (Wildman–Crippen LogP) is 2.53. The van der Waals surface area contributed by atoms with Gasteiger partial charge in [0, 0.05) is 18.1 Å². The molecule has 0 unspecified atom stereocenters. The van der Waals surface area contributed by atoms with Crippen molar-refractivity contribution in [2.75, 3.05) is 0 Å². The number of carboxylic acids is 1. The summed E-state index contributed by atoms with van der Waals surface area (Å²) in [6.07, 6.45) is -0.300. The highest BCUT2D eigenvalue weighted by Crippen LogP contribution is 2.11. The van der Waals surface area contributed by atoms with Gasteiger partial charge in [0.15, 0.2) is 0 Å². The smallest absolute Gasteiger partial charge is 0.326 e. The molecule has 0 aliphatic heterocycles. The maximum Gasteiger partial charge on any atom is 0.326 e. The van der Waals surface area contributed by atoms with Gasteiger partial charge in [0.25, 0.3) is 5.91 Å². The molecule has 1 atom stereocenters. The zero-order valence-electron chi connectivity index (χ0n) is 11.7. The predicted molar refractivity (Wildman–Crippen MR) is 75.4 cm³/mol. The van der Waals surface area contributed by atoms with Crippen LogP contribution in [0.5, 0.6) is 0 Å². The van der Waals surface area contributed by atoms with E-state index in [1.807, 2.05) is 0 Å². The maximum absolute atomic E-state index is 13.6. The molecular weight excluding hydrogens is 311 g/mol. The number of nitrogens with one attached hydrogen (secondary N) is 1. The fourth-order valence-electron chi connectivity index (χ4n) is 2.01. The minimum absolute atomic E-state index is 0.102. The first-order valence-electron chi connectivity index (χ1n) is 6.60. The molecule has 23 heavy (non-hydrogen) atoms. The molecule has 2 aromatic carbocycles. The minimum atomic E-state index is -1.44. The lowest BCUT2D eigenvalue weighted by atomic mass is 10.0. The van der Waals surface area contributed by atoms with Crippen LogP contribution in [0.15, 0.2) is 42.5 Å². The van der Waals surface area contributed by atoms with Crippen LogP contribution in [0.1, 0.15) is 15.9 Å². The quantitative estimate of drug-likeness (QED) is 0.888. The minimum Gasteiger partial charge on any atom is -0.480 e. The first-order chi connectivity index (χ1) is 10.9. The van der Waals surface area contributed by atoms with Crippen molar-refractivity contribution in [3.8, 4) is 0 Å². The average molecular weight is 323 g/mol. The van der Waals surface area contributed by atoms with Gasteiger partial charge in [-0.2, -0.15) is 0 Å². The van der Waals surface area contributed by atoms with Crippen molar-refractivity contribution in [2.45, 2.75) is 12.5 Å². The van der Waals surface area contributed by atoms with E-state index >= 15 is 0 Å². The van der Waals surface area contributed by atoms with Gasteiger partial charge in [0.05, 0.1) is 0 Å². The van der Waals surface area contributed by atoms with Gasteiger partial charge in [-0.3, -0.25) is 4.79 Å². The van der Waals surface area contributed by atoms with E-state index in [9.17, 15) is 22.8 Å². The lowest BCUT2D eigenvalue weighted by Gasteiger charge is -2.15. The second-order valence-corrected chi connectivity index (χ2v) is 4.82. The van der Waals surface area contributed by atoms with Gasteiger partial charge in [-0.25, -0.2) is 18.0 Å². The summed E-state index contributed by atoms with van der Waals surface area (Å²) in [7, 11) is 0. The lowest BCUT2D eigenvalue weighted by molar-refractivity contribution is -0.139. The molecular formula is C16H12F3NO3. The number of hydrogen-bond acceptors (Lipinski definition) is 2. The average Bonchev–Trinajstić information content (AvgIpc) is 2.47. The number of hydrogen-bond donors (Lipinski definition) is 2. The molecule has 1 amide bonds. The van der Waals surface area contributed by atoms with Crippen molar-refractivity contribution < 1.29 is 27.9 Å². The molecule has 0 aliphatic carbocycles. The highest BCUT2D eigenvalue weighted by atomic mass is 19.1. The van der Waals surface area contributed by atoms with Crippen LogP contribution in [-0.2, 0) is 11.2 Å². The summed E-state index contributed by atoms with van der Waals surface area (Å²) in [5, 5.41) is 11.3. The van der Waals surface area contributed by atoms with Crippen LogP contribution in [0.25, 0.3) is 0 Å². The van der Waals surface area contributed by atoms with Crippen LogP contribution in [0.2, 0.25) is 0 Å². The Morgan fingerprint density at radius 1 is 1.04 bits per heavy atom. The summed E-state index contributed by atoms with van der Waals surface area (Å²) >= 11 is 0. The molecule has 0 saturated carbocycles. The zero-order chi connectivity index (χ0) is 17.0. The van der Waals surface area contributed by atoms with Crippen LogP contribution in [0.3, 0.4) is 0 Å². The van der Waals surface area contributed by atoms with Crippen LogP contribution >= 0.6 is 0 Å². The molecule has 0 radical (unpaired) electrons. The zero-order valence-corrected chi connectivity index (χ0v) is 11.7. The highest BCUT2D eigenvalue weighted by Gasteiger charge is 2.23. The molecule has 0 saturated heterocycles. The summed E-state index contributed by atoms with van der Waals surface area (Å²) in [5.41, 5.74) is -0.257. The number of amides is 1. The molecule has 0 aliphatic rings. The van der Waals surface area contributed by atoms with E-state index in [-0.39, 0.29) is 17.5 Å². The van der Waals surface area contributed by atoms with Gasteiger partial charge in [-0.1, -0.05) is 18.2 Å². The molecule has 4 nitrogen and oxygen atoms in total. The molecule has 2 rings (SSSR count). The SMILES string of the molecule is O=C(N[C@@H](Cc1ccccc1F)C(=O)O)c1cc(F)cc(F)c1. The number of carboxylic acid groups (broad SMARTS) is 1. The van der Waals surface area contributed by atoms with E-state index < -0.39 is 35.4 Å². The van der Waals surface area contributed by atoms with E-state index in [0.29, 0.717) is 6.07 Å². The lowest BCUT2D eigenvalue weighted by Crippen LogP contribution is -2.42. The number of rotatable bonds is 5. The van der Waals surface area contributed by atoms with Gasteiger partial charge >= 0.3 is 5.97 Å². The van der Waals surface area contributed by atoms with Gasteiger partial charge in [-0.05, 0) is 23.8 Å². The third kappa shape index (κ3) is 4.32. The van der Waals surface area contributed by atoms with E-state index in [0.717, 1.165) is 18.2 Å². The molecule has 0 heterocycles. The van der Waals surface area contributed by atoms with Crippen molar-refractivity contribution >= 4 is 11.9 Å². The molecule has 7 heteroatoms. The molecule has 0 aromatic heterocycles. The largest absolute Gasteiger partial charge is 0.480 e. The van der Waals surface area contributed by atoms with E-state index in [4.69, 9.17) is 5.11 Å². The third-order valence-electron chi connectivity index (χ3n) is 3.11. The van der Waals surface area contributed by atoms with Crippen LogP contribution < -0.4 is 5.32 Å². The number of carbonyl (C=O) groups is 2. The Morgan fingerprint density at radius 2 is 1.65 bits per heavy atom. The van der Waals surface area contributed by atoms with Crippen molar-refractivity contribution in [3.63, 3.8) is 0 Å². The number of carbonyl (C=O) groups excluding carboxylic acids is 1. The van der Waals surface area contributed by atoms with E-state index in [1.54, 1.807) is 0 Å². The third-order valence-corrected chi connectivity index (χ3v) is 3.11. The van der Waals surface area contributed by atoms with E-state index in [2.05, 4.69) is 5.32 Å². The standard InChI is InChI=1S/C16H12F3NO3/c17-11-5-10(6-12(18)8-11)15(21)20-14(16(22)23)7-9-3-1-2-4-13(9)19/h1-6,8,14H,7H2,(H,20,21)(H,22,23)/t14-/m0/s1. The molecule has 2 aromatic rings. The summed E-state index contributed by atoms with van der Waals surface area (Å²) in [6.45, 7) is 0. The van der Waals surface area contributed by atoms with Gasteiger partial charge in [0.2, 0.25) is 0 Å². The highest BCUT2D eigenvalue weighted by molar-refractivity contribution is 5.96. The summed E-state index contributed by atoms with van der Waals surface area (Å²) < 4.78 is 39.8. The maximum atomic E-state index is 13.6. The Morgan fingerprint density at radius 3 is 2.22 bits per heavy atom. The van der Waals surface area contributed by atoms with Crippen LogP contribution in [0.4, 0.5) is 13.2 Å². The Bertz CT molecular complexity index is 729. The second kappa shape index (κ2) is 6.95. The topological polar surface area (TPSA) is 66.4 Å². The van der Waals surface area contributed by atoms with Gasteiger partial charge in [-0.15, -0.1) is 0 Å². The Labute approximate surface area is 129 Å². The first-order valence-corrected chi connectivity index (χ1v) is 6.60. The van der Waals surface area contributed by atoms with Gasteiger partial charge < -0.3 is 10.4 Å². The fourth-order valence-corrected chi connectivity index (χ4v) is 2.01. The number of aliphatic carboxylic acids is 1. The molecule has 0 fully saturated rings. The fraction of sp³-hybridized carbons (Fsp3) is 0.125. The summed E-state index contributed by atoms with van der Waals surface area (Å²) in [6, 6.07) is 6.23. The summed E-state index contributed by atoms with van der Waals surface area (Å²) in [5.74, 6) is -4.89. The first kappa shape index (κ1) is 16.5. The van der Waals surface area contributed by atoms with Gasteiger partial charge in [0.1, 0.15) is 23.5 Å². The van der Waals surface area contributed by atoms with Crippen molar-refractivity contribution in [3.05, 3.63) is 71.0 Å². The van der Waals surface area contributed by atoms with Crippen LogP contribution in [-0.4, -0.2) is 23.0 Å². The van der Waals surface area contributed by atoms with Crippen molar-refractivity contribution in [2.24, 2.45) is 0 Å². The van der Waals surface area contributed by atoms with Crippen molar-refractivity contribution in [1.82, 2.24) is 5.32 Å². The Kier molecular flexibility index (Phi) is 5.00. The van der Waals surface area contributed by atoms with E-state index in [1.165, 1.54) is 18.2 Å².